The first-order valence-electron chi connectivity index (χ1n) is 19.4. The van der Waals surface area contributed by atoms with Gasteiger partial charge >= 0.3 is 37.9 Å². The van der Waals surface area contributed by atoms with E-state index in [0.29, 0.717) is 53.0 Å². The Morgan fingerprint density at radius 1 is 0.642 bits per heavy atom. The summed E-state index contributed by atoms with van der Waals surface area (Å²) < 4.78 is 6.11. The third kappa shape index (κ3) is 8.39. The van der Waals surface area contributed by atoms with Gasteiger partial charge in [0.25, 0.3) is 0 Å². The van der Waals surface area contributed by atoms with Crippen molar-refractivity contribution in [3.05, 3.63) is 148 Å². The molecule has 0 aromatic heterocycles. The van der Waals surface area contributed by atoms with Crippen molar-refractivity contribution in [2.45, 2.75) is 87.7 Å². The summed E-state index contributed by atoms with van der Waals surface area (Å²) in [5.41, 5.74) is 5.78. The SMILES string of the molecule is CC(C)(C)OCCCCCC[Si](C)(C1C2C=CC=CC2C2C=CC=CC21)C1C2C=CC=CC2C2C1c1ccccc1N2c1ccccc1.[CH3-].[CH3-].[Cl][Zr+2][Cl]. The Hall–Kier alpha value is -1.68. The van der Waals surface area contributed by atoms with Gasteiger partial charge in [-0.3, -0.25) is 0 Å². The van der Waals surface area contributed by atoms with Crippen molar-refractivity contribution in [3.8, 4) is 0 Å². The molecule has 1 aliphatic heterocycles. The van der Waals surface area contributed by atoms with E-state index in [9.17, 15) is 0 Å². The second kappa shape index (κ2) is 18.5. The minimum atomic E-state index is -2.00. The van der Waals surface area contributed by atoms with Gasteiger partial charge in [-0.2, -0.15) is 0 Å². The number of anilines is 2. The van der Waals surface area contributed by atoms with E-state index in [1.54, 1.807) is 5.56 Å². The predicted octanol–water partition coefficient (Wildman–Crippen LogP) is 13.9. The van der Waals surface area contributed by atoms with Crippen molar-refractivity contribution < 1.29 is 25.6 Å². The summed E-state index contributed by atoms with van der Waals surface area (Å²) in [4.78, 5) is 2.76. The van der Waals surface area contributed by atoms with Crippen LogP contribution in [0, 0.1) is 50.4 Å². The number of rotatable bonds is 10. The molecular formula is C47H61Cl2NOSiZr. The van der Waals surface area contributed by atoms with Crippen LogP contribution in [0.25, 0.3) is 0 Å². The van der Waals surface area contributed by atoms with Gasteiger partial charge in [0.2, 0.25) is 0 Å². The minimum absolute atomic E-state index is 0. The van der Waals surface area contributed by atoms with Crippen LogP contribution in [0.15, 0.2) is 128 Å². The third-order valence-electron chi connectivity index (χ3n) is 13.1. The standard InChI is InChI=1S/C45H55NOSi.2CH3.2ClH.Zr/c1-45(2,3)47-30-18-5-6-19-31-48(4,43-36-25-13-10-22-33(36)34-23-11-14-26-37(34)43)44-38-27-15-12-24-35(38)42-41(44)39-28-16-17-29-40(39)46(42)32-20-8-7-9-21-32;;;;;/h7-17,20-29,33-38,41-44H,5-6,18-19,30-31H2,1-4H3;2*1H3;2*1H;/q;2*-1;;;+4/p-2. The van der Waals surface area contributed by atoms with Gasteiger partial charge in [0.05, 0.1) is 13.7 Å². The molecule has 1 heterocycles. The second-order valence-corrected chi connectivity index (χ2v) is 25.4. The van der Waals surface area contributed by atoms with Crippen molar-refractivity contribution >= 4 is 36.5 Å². The van der Waals surface area contributed by atoms with Crippen LogP contribution in [0.3, 0.4) is 0 Å². The van der Waals surface area contributed by atoms with Gasteiger partial charge in [-0.25, -0.2) is 0 Å². The Kier molecular flexibility index (Phi) is 14.8. The molecule has 0 bridgehead atoms. The fourth-order valence-electron chi connectivity index (χ4n) is 11.4. The van der Waals surface area contributed by atoms with Crippen LogP contribution in [0.1, 0.15) is 57.9 Å². The summed E-state index contributed by atoms with van der Waals surface area (Å²) in [6.07, 6.45) is 35.0. The van der Waals surface area contributed by atoms with E-state index in [1.807, 2.05) is 0 Å². The number of allylic oxidation sites excluding steroid dienone is 11. The van der Waals surface area contributed by atoms with Crippen molar-refractivity contribution in [3.63, 3.8) is 0 Å². The Morgan fingerprint density at radius 2 is 1.13 bits per heavy atom. The number of ether oxygens (including phenoxy) is 1. The third-order valence-corrected chi connectivity index (χ3v) is 19.1. The summed E-state index contributed by atoms with van der Waals surface area (Å²) in [5, 5.41) is 0. The Labute approximate surface area is 342 Å². The molecule has 2 fully saturated rings. The molecule has 2 aromatic carbocycles. The molecule has 0 N–H and O–H groups in total. The number of benzene rings is 2. The Bertz CT molecular complexity index is 1640. The van der Waals surface area contributed by atoms with Crippen LogP contribution in [-0.4, -0.2) is 26.3 Å². The molecule has 2 saturated carbocycles. The van der Waals surface area contributed by atoms with E-state index < -0.39 is 28.9 Å². The fourth-order valence-corrected chi connectivity index (χ4v) is 18.4. The number of hydrogen-bond donors (Lipinski definition) is 0. The van der Waals surface area contributed by atoms with Crippen molar-refractivity contribution in [2.24, 2.45) is 35.5 Å². The summed E-state index contributed by atoms with van der Waals surface area (Å²) in [7, 11) is 7.86. The van der Waals surface area contributed by atoms with E-state index in [4.69, 9.17) is 21.8 Å². The summed E-state index contributed by atoms with van der Waals surface area (Å²) in [6, 6.07) is 22.7. The molecule has 2 aromatic rings. The monoisotopic (exact) mass is 843 g/mol. The van der Waals surface area contributed by atoms with Crippen LogP contribution >= 0.6 is 17.0 Å². The van der Waals surface area contributed by atoms with E-state index in [2.05, 4.69) is 160 Å². The zero-order valence-electron chi connectivity index (χ0n) is 32.8. The molecule has 282 valence electrons. The van der Waals surface area contributed by atoms with Gasteiger partial charge in [0.1, 0.15) is 0 Å². The molecule has 8 rings (SSSR count). The zero-order chi connectivity index (χ0) is 35.6. The van der Waals surface area contributed by atoms with Crippen molar-refractivity contribution in [2.75, 3.05) is 11.5 Å². The van der Waals surface area contributed by atoms with Crippen molar-refractivity contribution in [1.82, 2.24) is 0 Å². The molecule has 0 amide bonds. The zero-order valence-corrected chi connectivity index (χ0v) is 37.7. The van der Waals surface area contributed by atoms with Crippen molar-refractivity contribution in [1.29, 1.82) is 0 Å². The van der Waals surface area contributed by atoms with Gasteiger partial charge in [-0.1, -0.05) is 141 Å². The maximum atomic E-state index is 6.11. The Balaban J connectivity index is 0.00000105. The van der Waals surface area contributed by atoms with Crippen LogP contribution in [0.5, 0.6) is 0 Å². The predicted molar refractivity (Wildman–Crippen MR) is 230 cm³/mol. The average Bonchev–Trinajstić information content (AvgIpc) is 3.78. The number of unbranched alkanes of at least 4 members (excludes halogenated alkanes) is 3. The average molecular weight is 846 g/mol. The van der Waals surface area contributed by atoms with Crippen LogP contribution in [-0.2, 0) is 25.6 Å². The van der Waals surface area contributed by atoms with Crippen LogP contribution in [0.4, 0.5) is 11.4 Å². The number of hydrogen-bond acceptors (Lipinski definition) is 2. The molecule has 0 spiro atoms. The number of halogens is 2. The molecule has 10 atom stereocenters. The van der Waals surface area contributed by atoms with Gasteiger partial charge in [0, 0.05) is 35.9 Å². The van der Waals surface area contributed by atoms with Gasteiger partial charge in [-0.05, 0) is 91.6 Å². The molecule has 10 unspecified atom stereocenters. The molecule has 6 aliphatic rings. The molecule has 2 nitrogen and oxygen atoms in total. The van der Waals surface area contributed by atoms with E-state index in [0.717, 1.165) is 12.1 Å². The van der Waals surface area contributed by atoms with Gasteiger partial charge < -0.3 is 24.5 Å². The van der Waals surface area contributed by atoms with E-state index >= 15 is 0 Å². The van der Waals surface area contributed by atoms with E-state index in [-0.39, 0.29) is 20.5 Å². The summed E-state index contributed by atoms with van der Waals surface area (Å²) in [5.74, 6) is 4.18. The normalized spacial score (nSPS) is 31.8. The fraction of sp³-hybridized carbons (Fsp3) is 0.447. The first kappa shape index (κ1) is 42.5. The maximum absolute atomic E-state index is 6.11. The molecule has 6 heteroatoms. The van der Waals surface area contributed by atoms with Gasteiger partial charge in [-0.15, -0.1) is 0 Å². The topological polar surface area (TPSA) is 12.5 Å². The Morgan fingerprint density at radius 3 is 1.72 bits per heavy atom. The first-order valence-corrected chi connectivity index (χ1v) is 28.6. The quantitative estimate of drug-likeness (QED) is 0.134. The molecule has 0 radical (unpaired) electrons. The second-order valence-electron chi connectivity index (χ2n) is 16.8. The molecule has 53 heavy (non-hydrogen) atoms. The first-order chi connectivity index (χ1) is 24.8. The molecule has 5 aliphatic carbocycles. The van der Waals surface area contributed by atoms with E-state index in [1.165, 1.54) is 43.1 Å². The number of para-hydroxylation sites is 2. The van der Waals surface area contributed by atoms with Gasteiger partial charge in [0.15, 0.2) is 0 Å². The summed E-state index contributed by atoms with van der Waals surface area (Å²) >= 11 is -0.826. The van der Waals surface area contributed by atoms with Crippen LogP contribution < -0.4 is 4.90 Å². The molecule has 0 saturated heterocycles. The number of fused-ring (bicyclic) bond motifs is 8. The van der Waals surface area contributed by atoms with Crippen LogP contribution in [0.2, 0.25) is 23.7 Å². The number of nitrogens with zero attached hydrogens (tertiary/aromatic N) is 1. The summed E-state index contributed by atoms with van der Waals surface area (Å²) in [6.45, 7) is 10.3. The molecular weight excluding hydrogens is 785 g/mol.